The number of ketones is 1. The highest BCUT2D eigenvalue weighted by Gasteiger charge is 2.58. The second kappa shape index (κ2) is 9.33. The quantitative estimate of drug-likeness (QED) is 0.331. The van der Waals surface area contributed by atoms with Crippen LogP contribution in [0.25, 0.3) is 0 Å². The van der Waals surface area contributed by atoms with Crippen molar-refractivity contribution in [3.05, 3.63) is 18.2 Å². The maximum absolute atomic E-state index is 13.6. The van der Waals surface area contributed by atoms with Gasteiger partial charge in [0, 0.05) is 12.0 Å². The number of fused-ring (bicyclic) bond motifs is 5. The molecule has 0 aromatic heterocycles. The van der Waals surface area contributed by atoms with Gasteiger partial charge in [-0.15, -0.1) is 0 Å². The fourth-order valence-electron chi connectivity index (χ4n) is 8.88. The van der Waals surface area contributed by atoms with Crippen LogP contribution in [0.5, 0.6) is 5.75 Å². The molecule has 34 heavy (non-hydrogen) atoms. The molecule has 4 aliphatic rings. The molecular formula is C28H42FN3O2. The lowest BCUT2D eigenvalue weighted by molar-refractivity contribution is -0.129. The maximum atomic E-state index is 13.6. The third-order valence-corrected chi connectivity index (χ3v) is 10.5. The third kappa shape index (κ3) is 4.00. The lowest BCUT2D eigenvalue weighted by Gasteiger charge is -2.56. The van der Waals surface area contributed by atoms with Gasteiger partial charge < -0.3 is 15.5 Å². The minimum Gasteiger partial charge on any atom is -0.497 e. The number of Topliss-reactive ketones (excluding diaryl/α,β-unsaturated/α-hetero) is 1. The predicted octanol–water partition coefficient (Wildman–Crippen LogP) is 5.38. The van der Waals surface area contributed by atoms with Crippen molar-refractivity contribution >= 4 is 17.2 Å². The topological polar surface area (TPSA) is 81.6 Å². The number of nitrogens with zero attached hydrogens (tertiary/aromatic N) is 1. The van der Waals surface area contributed by atoms with E-state index in [1.807, 2.05) is 0 Å². The number of carbonyl (C=O) groups is 1. The number of methoxy groups -OCH3 is 1. The predicted molar refractivity (Wildman–Crippen MR) is 134 cm³/mol. The van der Waals surface area contributed by atoms with Gasteiger partial charge in [-0.25, -0.2) is 5.84 Å². The highest BCUT2D eigenvalue weighted by Crippen LogP contribution is 2.64. The molecule has 4 aliphatic carbocycles. The highest BCUT2D eigenvalue weighted by molar-refractivity contribution is 5.87. The Labute approximate surface area is 203 Å². The summed E-state index contributed by atoms with van der Waals surface area (Å²) in [5.74, 6) is 11.3. The first-order valence-electron chi connectivity index (χ1n) is 13.4. The molecule has 1 aromatic rings. The largest absolute Gasteiger partial charge is 0.497 e. The van der Waals surface area contributed by atoms with Crippen molar-refractivity contribution in [2.45, 2.75) is 64.7 Å². The first-order chi connectivity index (χ1) is 16.4. The SMILES string of the molecule is COc1ccc(N)c(N(N)CC(=O)C2CCC3C4CCC5CC(CF)CCC5C4CCC23C)c1. The van der Waals surface area contributed by atoms with Crippen LogP contribution < -0.4 is 21.3 Å². The van der Waals surface area contributed by atoms with Gasteiger partial charge in [-0.3, -0.25) is 9.18 Å². The summed E-state index contributed by atoms with van der Waals surface area (Å²) in [6.07, 6.45) is 10.4. The minimum atomic E-state index is -0.138. The molecule has 6 heteroatoms. The summed E-state index contributed by atoms with van der Waals surface area (Å²) in [4.78, 5) is 13.6. The molecule has 0 saturated heterocycles. The zero-order chi connectivity index (χ0) is 24.0. The van der Waals surface area contributed by atoms with Gasteiger partial charge in [-0.05, 0) is 111 Å². The third-order valence-electron chi connectivity index (χ3n) is 10.5. The standard InChI is InChI=1S/C28H42FN3O2/c1-28-12-11-21-20-6-3-17(15-29)13-18(20)4-7-22(21)23(28)8-9-24(28)27(33)16-32(31)26-14-19(34-2)5-10-25(26)30/h5,10,14,17-18,20-24H,3-4,6-9,11-13,15-16,30-31H2,1-2H3. The number of halogens is 1. The molecule has 1 aromatic carbocycles. The van der Waals surface area contributed by atoms with Gasteiger partial charge in [0.1, 0.15) is 5.75 Å². The van der Waals surface area contributed by atoms with Crippen LogP contribution in [0.1, 0.15) is 64.7 Å². The van der Waals surface area contributed by atoms with Gasteiger partial charge in [0.25, 0.3) is 0 Å². The molecule has 188 valence electrons. The van der Waals surface area contributed by atoms with E-state index in [-0.39, 0.29) is 30.3 Å². The molecule has 5 nitrogen and oxygen atoms in total. The van der Waals surface area contributed by atoms with Crippen LogP contribution >= 0.6 is 0 Å². The molecule has 8 atom stereocenters. The van der Waals surface area contributed by atoms with Crippen molar-refractivity contribution in [2.24, 2.45) is 52.7 Å². The summed E-state index contributed by atoms with van der Waals surface area (Å²) >= 11 is 0. The van der Waals surface area contributed by atoms with E-state index >= 15 is 0 Å². The Kier molecular flexibility index (Phi) is 6.56. The van der Waals surface area contributed by atoms with Crippen molar-refractivity contribution < 1.29 is 13.9 Å². The van der Waals surface area contributed by atoms with Crippen molar-refractivity contribution in [1.82, 2.24) is 0 Å². The van der Waals surface area contributed by atoms with Crippen molar-refractivity contribution in [3.8, 4) is 5.75 Å². The Balaban J connectivity index is 1.28. The number of nitrogen functional groups attached to an aromatic ring is 1. The van der Waals surface area contributed by atoms with E-state index in [1.54, 1.807) is 25.3 Å². The van der Waals surface area contributed by atoms with Gasteiger partial charge in [-0.2, -0.15) is 0 Å². The number of hydrazine groups is 1. The number of alkyl halides is 1. The molecule has 0 aliphatic heterocycles. The molecule has 4 fully saturated rings. The molecule has 8 unspecified atom stereocenters. The smallest absolute Gasteiger partial charge is 0.157 e. The fraction of sp³-hybridized carbons (Fsp3) is 0.750. The van der Waals surface area contributed by atoms with Crippen LogP contribution in [-0.2, 0) is 4.79 Å². The number of anilines is 2. The van der Waals surface area contributed by atoms with Crippen LogP contribution in [0, 0.1) is 46.8 Å². The molecule has 0 bridgehead atoms. The second-order valence-electron chi connectivity index (χ2n) is 12.0. The van der Waals surface area contributed by atoms with E-state index in [4.69, 9.17) is 16.3 Å². The summed E-state index contributed by atoms with van der Waals surface area (Å²) in [6, 6.07) is 5.36. The molecule has 0 radical (unpaired) electrons. The number of ether oxygens (including phenoxy) is 1. The van der Waals surface area contributed by atoms with Gasteiger partial charge in [-0.1, -0.05) is 6.92 Å². The molecule has 4 N–H and O–H groups in total. The number of rotatable bonds is 6. The van der Waals surface area contributed by atoms with E-state index in [0.717, 1.165) is 55.8 Å². The zero-order valence-electron chi connectivity index (χ0n) is 20.8. The van der Waals surface area contributed by atoms with Crippen LogP contribution in [0.3, 0.4) is 0 Å². The summed E-state index contributed by atoms with van der Waals surface area (Å²) in [6.45, 7) is 2.42. The Morgan fingerprint density at radius 1 is 1.12 bits per heavy atom. The number of nitrogens with two attached hydrogens (primary N) is 2. The van der Waals surface area contributed by atoms with Crippen LogP contribution in [0.15, 0.2) is 18.2 Å². The Morgan fingerprint density at radius 2 is 1.91 bits per heavy atom. The lowest BCUT2D eigenvalue weighted by atomic mass is 9.49. The lowest BCUT2D eigenvalue weighted by Crippen LogP contribution is -2.50. The Bertz CT molecular complexity index is 910. The summed E-state index contributed by atoms with van der Waals surface area (Å²) in [5, 5.41) is 1.50. The van der Waals surface area contributed by atoms with E-state index in [0.29, 0.717) is 29.0 Å². The molecule has 0 heterocycles. The minimum absolute atomic E-state index is 0.0660. The Morgan fingerprint density at radius 3 is 2.68 bits per heavy atom. The van der Waals surface area contributed by atoms with Crippen molar-refractivity contribution in [2.75, 3.05) is 31.1 Å². The van der Waals surface area contributed by atoms with E-state index in [9.17, 15) is 9.18 Å². The molecule has 0 amide bonds. The average Bonchev–Trinajstić information content (AvgIpc) is 3.21. The molecule has 5 rings (SSSR count). The molecule has 4 saturated carbocycles. The Hall–Kier alpha value is -1.82. The molecular weight excluding hydrogens is 429 g/mol. The zero-order valence-corrected chi connectivity index (χ0v) is 20.8. The summed E-state index contributed by atoms with van der Waals surface area (Å²) in [5.41, 5.74) is 7.40. The number of carbonyl (C=O) groups excluding carboxylic acids is 1. The van der Waals surface area contributed by atoms with Crippen LogP contribution in [-0.4, -0.2) is 26.1 Å². The van der Waals surface area contributed by atoms with E-state index in [1.165, 1.54) is 30.7 Å². The monoisotopic (exact) mass is 471 g/mol. The summed E-state index contributed by atoms with van der Waals surface area (Å²) in [7, 11) is 1.61. The van der Waals surface area contributed by atoms with Gasteiger partial charge in [0.05, 0.1) is 31.7 Å². The first-order valence-corrected chi connectivity index (χ1v) is 13.4. The molecule has 0 spiro atoms. The maximum Gasteiger partial charge on any atom is 0.157 e. The van der Waals surface area contributed by atoms with Gasteiger partial charge in [0.2, 0.25) is 0 Å². The van der Waals surface area contributed by atoms with E-state index in [2.05, 4.69) is 6.92 Å². The number of benzene rings is 1. The van der Waals surface area contributed by atoms with Crippen LogP contribution in [0.4, 0.5) is 15.8 Å². The van der Waals surface area contributed by atoms with Crippen LogP contribution in [0.2, 0.25) is 0 Å². The average molecular weight is 472 g/mol. The van der Waals surface area contributed by atoms with Crippen molar-refractivity contribution in [3.63, 3.8) is 0 Å². The fourth-order valence-corrected chi connectivity index (χ4v) is 8.88. The number of hydrogen-bond acceptors (Lipinski definition) is 5. The first kappa shape index (κ1) is 23.9. The van der Waals surface area contributed by atoms with Gasteiger partial charge in [0.15, 0.2) is 5.78 Å². The van der Waals surface area contributed by atoms with E-state index < -0.39 is 0 Å². The number of hydrogen-bond donors (Lipinski definition) is 2. The second-order valence-corrected chi connectivity index (χ2v) is 12.0. The summed E-state index contributed by atoms with van der Waals surface area (Å²) < 4.78 is 18.6. The van der Waals surface area contributed by atoms with Gasteiger partial charge >= 0.3 is 0 Å². The normalized spacial score (nSPS) is 39.0. The highest BCUT2D eigenvalue weighted by atomic mass is 19.1. The van der Waals surface area contributed by atoms with Crippen molar-refractivity contribution in [1.29, 1.82) is 0 Å².